The third kappa shape index (κ3) is 4.57. The summed E-state index contributed by atoms with van der Waals surface area (Å²) in [7, 11) is 1.53. The summed E-state index contributed by atoms with van der Waals surface area (Å²) in [5.41, 5.74) is 8.25. The number of methoxy groups -OCH3 is 1. The van der Waals surface area contributed by atoms with Gasteiger partial charge in [-0.2, -0.15) is 10.2 Å². The van der Waals surface area contributed by atoms with Crippen molar-refractivity contribution in [3.8, 4) is 23.1 Å². The van der Waals surface area contributed by atoms with E-state index >= 15 is 0 Å². The Kier molecular flexibility index (Phi) is 6.58. The molecule has 190 valence electrons. The number of nitrogens with zero attached hydrogens (tertiary/aromatic N) is 5. The second-order valence-corrected chi connectivity index (χ2v) is 8.80. The molecule has 0 aliphatic heterocycles. The number of nitrogens with two attached hydrogens (primary N) is 1. The number of fused-ring (bicyclic) bond motifs is 1. The van der Waals surface area contributed by atoms with Gasteiger partial charge in [-0.1, -0.05) is 18.2 Å². The van der Waals surface area contributed by atoms with Crippen molar-refractivity contribution < 1.29 is 9.13 Å². The number of aromatic nitrogens is 4. The number of nitrogens with one attached hydrogen (secondary N) is 1. The van der Waals surface area contributed by atoms with E-state index in [2.05, 4.69) is 20.3 Å². The maximum Gasteiger partial charge on any atom is 0.263 e. The van der Waals surface area contributed by atoms with E-state index in [1.54, 1.807) is 16.8 Å². The van der Waals surface area contributed by atoms with Crippen LogP contribution < -0.4 is 21.3 Å². The first kappa shape index (κ1) is 24.6. The molecule has 0 saturated carbocycles. The van der Waals surface area contributed by atoms with Gasteiger partial charge in [0.2, 0.25) is 11.8 Å². The number of benzene rings is 1. The van der Waals surface area contributed by atoms with Crippen LogP contribution in [0.4, 0.5) is 16.2 Å². The van der Waals surface area contributed by atoms with Crippen LogP contribution in [0.15, 0.2) is 71.6 Å². The van der Waals surface area contributed by atoms with Crippen LogP contribution in [0, 0.1) is 11.3 Å². The van der Waals surface area contributed by atoms with Gasteiger partial charge in [0.05, 0.1) is 24.7 Å². The molecule has 10 heteroatoms. The molecule has 0 bridgehead atoms. The highest BCUT2D eigenvalue weighted by Crippen LogP contribution is 2.33. The fourth-order valence-electron chi connectivity index (χ4n) is 4.62. The quantitative estimate of drug-likeness (QED) is 0.372. The van der Waals surface area contributed by atoms with Gasteiger partial charge in [-0.25, -0.2) is 14.4 Å². The maximum atomic E-state index is 14.4. The van der Waals surface area contributed by atoms with Crippen LogP contribution in [0.1, 0.15) is 37.1 Å². The lowest BCUT2D eigenvalue weighted by Gasteiger charge is -2.24. The molecule has 0 saturated heterocycles. The lowest BCUT2D eigenvalue weighted by molar-refractivity contribution is 0.398. The Morgan fingerprint density at radius 1 is 1.26 bits per heavy atom. The fraction of sp³-hybridized carbons (Fsp3) is 0.179. The van der Waals surface area contributed by atoms with Gasteiger partial charge >= 0.3 is 0 Å². The Hall–Kier alpha value is -5.04. The number of nitriles is 1. The Bertz CT molecular complexity index is 1720. The van der Waals surface area contributed by atoms with Crippen LogP contribution in [0.3, 0.4) is 0 Å². The minimum Gasteiger partial charge on any atom is -0.481 e. The van der Waals surface area contributed by atoms with Gasteiger partial charge < -0.3 is 15.8 Å². The van der Waals surface area contributed by atoms with Crippen molar-refractivity contribution in [2.75, 3.05) is 18.2 Å². The van der Waals surface area contributed by atoms with Crippen molar-refractivity contribution in [3.63, 3.8) is 0 Å². The first-order valence-corrected chi connectivity index (χ1v) is 11.9. The van der Waals surface area contributed by atoms with Gasteiger partial charge in [-0.05, 0) is 60.6 Å². The van der Waals surface area contributed by atoms with Crippen molar-refractivity contribution in [1.29, 1.82) is 5.26 Å². The third-order valence-corrected chi connectivity index (χ3v) is 6.39. The number of pyridine rings is 2. The second kappa shape index (κ2) is 10.1. The number of allylic oxidation sites excluding steroid dienone is 4. The summed E-state index contributed by atoms with van der Waals surface area (Å²) in [6.07, 6.45) is 6.78. The van der Waals surface area contributed by atoms with Crippen molar-refractivity contribution >= 4 is 28.2 Å². The Balaban J connectivity index is 1.74. The SMILES string of the molecule is COc1cc(-c2cccc3cc(C(C)Nc4nc(N)ncc4C#N)n(C4=CC(F)=CCC4)c(=O)c23)ccn1. The second-order valence-electron chi connectivity index (χ2n) is 8.80. The monoisotopic (exact) mass is 509 g/mol. The summed E-state index contributed by atoms with van der Waals surface area (Å²) < 4.78 is 21.2. The van der Waals surface area contributed by atoms with E-state index in [0.29, 0.717) is 46.4 Å². The summed E-state index contributed by atoms with van der Waals surface area (Å²) in [6, 6.07) is 12.6. The molecular formula is C28H24FN7O2. The zero-order valence-corrected chi connectivity index (χ0v) is 20.8. The van der Waals surface area contributed by atoms with E-state index in [4.69, 9.17) is 10.5 Å². The number of hydrogen-bond donors (Lipinski definition) is 2. The minimum absolute atomic E-state index is 0.00854. The summed E-state index contributed by atoms with van der Waals surface area (Å²) in [5.74, 6) is 0.281. The van der Waals surface area contributed by atoms with Gasteiger partial charge in [0.1, 0.15) is 23.3 Å². The normalized spacial score (nSPS) is 13.8. The summed E-state index contributed by atoms with van der Waals surface area (Å²) in [4.78, 5) is 26.5. The van der Waals surface area contributed by atoms with Crippen molar-refractivity contribution in [2.24, 2.45) is 0 Å². The van der Waals surface area contributed by atoms with E-state index in [0.717, 1.165) is 5.56 Å². The summed E-state index contributed by atoms with van der Waals surface area (Å²) in [5, 5.41) is 13.9. The first-order chi connectivity index (χ1) is 18.4. The minimum atomic E-state index is -0.506. The fourth-order valence-corrected chi connectivity index (χ4v) is 4.62. The molecule has 9 nitrogen and oxygen atoms in total. The van der Waals surface area contributed by atoms with Crippen molar-refractivity contribution in [2.45, 2.75) is 25.8 Å². The zero-order valence-electron chi connectivity index (χ0n) is 20.8. The van der Waals surface area contributed by atoms with Gasteiger partial charge in [0, 0.05) is 23.7 Å². The molecule has 0 radical (unpaired) electrons. The molecule has 3 N–H and O–H groups in total. The van der Waals surface area contributed by atoms with E-state index in [-0.39, 0.29) is 22.9 Å². The molecule has 1 aromatic carbocycles. The standard InChI is InChI=1S/C28H24FN7O2/c1-16(34-26-19(14-30)15-33-28(31)35-26)23-11-18-5-3-8-22(17-9-10-32-24(12-17)38-2)25(18)27(37)36(23)21-7-4-6-20(29)13-21/h3,5-6,8-13,15-16H,4,7H2,1-2H3,(H3,31,33,34,35). The van der Waals surface area contributed by atoms with Gasteiger partial charge in [0.15, 0.2) is 0 Å². The van der Waals surface area contributed by atoms with Crippen LogP contribution in [0.5, 0.6) is 5.88 Å². The van der Waals surface area contributed by atoms with Crippen LogP contribution in [0.2, 0.25) is 0 Å². The average Bonchev–Trinajstić information content (AvgIpc) is 2.92. The predicted octanol–water partition coefficient (Wildman–Crippen LogP) is 4.98. The Morgan fingerprint density at radius 2 is 2.11 bits per heavy atom. The van der Waals surface area contributed by atoms with Crippen LogP contribution >= 0.6 is 0 Å². The highest BCUT2D eigenvalue weighted by Gasteiger charge is 2.22. The van der Waals surface area contributed by atoms with Crippen molar-refractivity contribution in [3.05, 3.63) is 88.4 Å². The number of halogens is 1. The number of ether oxygens (including phenoxy) is 1. The molecular weight excluding hydrogens is 485 g/mol. The van der Waals surface area contributed by atoms with Crippen LogP contribution in [-0.2, 0) is 0 Å². The molecule has 3 heterocycles. The number of anilines is 2. The third-order valence-electron chi connectivity index (χ3n) is 6.39. The molecule has 3 aromatic heterocycles. The van der Waals surface area contributed by atoms with Crippen molar-refractivity contribution in [1.82, 2.24) is 19.5 Å². The van der Waals surface area contributed by atoms with E-state index in [1.807, 2.05) is 43.3 Å². The van der Waals surface area contributed by atoms with Gasteiger partial charge in [-0.15, -0.1) is 0 Å². The molecule has 0 amide bonds. The summed E-state index contributed by atoms with van der Waals surface area (Å²) in [6.45, 7) is 1.84. The summed E-state index contributed by atoms with van der Waals surface area (Å²) >= 11 is 0. The van der Waals surface area contributed by atoms with Gasteiger partial charge in [-0.3, -0.25) is 9.36 Å². The molecule has 0 spiro atoms. The molecule has 1 unspecified atom stereocenters. The Labute approximate surface area is 217 Å². The highest BCUT2D eigenvalue weighted by molar-refractivity contribution is 5.97. The molecule has 38 heavy (non-hydrogen) atoms. The zero-order chi connectivity index (χ0) is 26.8. The van der Waals surface area contributed by atoms with Crippen LogP contribution in [-0.4, -0.2) is 26.6 Å². The topological polar surface area (TPSA) is 132 Å². The average molecular weight is 510 g/mol. The molecule has 0 fully saturated rings. The van der Waals surface area contributed by atoms with Crippen LogP contribution in [0.25, 0.3) is 27.6 Å². The lowest BCUT2D eigenvalue weighted by Crippen LogP contribution is -2.27. The number of hydrogen-bond acceptors (Lipinski definition) is 8. The number of rotatable bonds is 6. The van der Waals surface area contributed by atoms with E-state index in [1.165, 1.54) is 25.5 Å². The predicted molar refractivity (Wildman–Crippen MR) is 144 cm³/mol. The number of nitrogen functional groups attached to an aromatic ring is 1. The van der Waals surface area contributed by atoms with E-state index < -0.39 is 11.9 Å². The molecule has 4 aromatic rings. The van der Waals surface area contributed by atoms with Gasteiger partial charge in [0.25, 0.3) is 5.56 Å². The largest absolute Gasteiger partial charge is 0.481 e. The highest BCUT2D eigenvalue weighted by atomic mass is 19.1. The first-order valence-electron chi connectivity index (χ1n) is 11.9. The van der Waals surface area contributed by atoms with E-state index in [9.17, 15) is 14.4 Å². The molecule has 1 aliphatic carbocycles. The smallest absolute Gasteiger partial charge is 0.263 e. The molecule has 1 atom stereocenters. The lowest BCUT2D eigenvalue weighted by atomic mass is 9.98. The molecule has 5 rings (SSSR count). The Morgan fingerprint density at radius 3 is 2.87 bits per heavy atom. The molecule has 1 aliphatic rings. The maximum absolute atomic E-state index is 14.4.